The first kappa shape index (κ1) is 20.5. The maximum Gasteiger partial charge on any atom is 0.283 e. The number of hydrogen-bond donors (Lipinski definition) is 2. The molecule has 3 atom stereocenters. The molecule has 9 heteroatoms. The molecule has 0 saturated carbocycles. The zero-order chi connectivity index (χ0) is 20.5. The molecule has 2 heterocycles. The minimum atomic E-state index is -1.30. The molecule has 1 aromatic carbocycles. The van der Waals surface area contributed by atoms with Crippen LogP contribution in [0.15, 0.2) is 46.0 Å². The van der Waals surface area contributed by atoms with Crippen molar-refractivity contribution in [3.63, 3.8) is 0 Å². The highest BCUT2D eigenvalue weighted by atomic mass is 79.9. The van der Waals surface area contributed by atoms with Gasteiger partial charge in [0.15, 0.2) is 0 Å². The quantitative estimate of drug-likeness (QED) is 0.699. The number of ether oxygens (including phenoxy) is 1. The summed E-state index contributed by atoms with van der Waals surface area (Å²) in [5, 5.41) is 3.08. The van der Waals surface area contributed by atoms with E-state index < -0.39 is 18.1 Å². The van der Waals surface area contributed by atoms with Gasteiger partial charge in [-0.3, -0.25) is 4.79 Å². The molecule has 0 saturated heterocycles. The third-order valence-electron chi connectivity index (χ3n) is 4.93. The van der Waals surface area contributed by atoms with Crippen LogP contribution in [0.2, 0.25) is 5.02 Å². The highest BCUT2D eigenvalue weighted by molar-refractivity contribution is 9.10. The van der Waals surface area contributed by atoms with Crippen molar-refractivity contribution < 1.29 is 13.9 Å². The van der Waals surface area contributed by atoms with Gasteiger partial charge in [0.25, 0.3) is 11.9 Å². The van der Waals surface area contributed by atoms with Crippen LogP contribution in [0.5, 0.6) is 0 Å². The number of amides is 1. The lowest BCUT2D eigenvalue weighted by molar-refractivity contribution is 0.0511. The molecule has 0 aliphatic carbocycles. The normalized spacial score (nSPS) is 24.2. The van der Waals surface area contributed by atoms with E-state index in [4.69, 9.17) is 22.1 Å². The summed E-state index contributed by atoms with van der Waals surface area (Å²) in [4.78, 5) is 20.8. The van der Waals surface area contributed by atoms with Crippen molar-refractivity contribution in [3.05, 3.63) is 57.3 Å². The first-order chi connectivity index (χ1) is 13.3. The Balaban J connectivity index is 1.98. The van der Waals surface area contributed by atoms with E-state index in [0.29, 0.717) is 16.3 Å². The fourth-order valence-electron chi connectivity index (χ4n) is 3.17. The number of pyridine rings is 1. The third-order valence-corrected chi connectivity index (χ3v) is 5.73. The van der Waals surface area contributed by atoms with E-state index in [1.807, 2.05) is 6.92 Å². The summed E-state index contributed by atoms with van der Waals surface area (Å²) in [7, 11) is 0. The summed E-state index contributed by atoms with van der Waals surface area (Å²) in [6.45, 7) is 2.82. The Labute approximate surface area is 175 Å². The summed E-state index contributed by atoms with van der Waals surface area (Å²) >= 11 is 9.66. The zero-order valence-electron chi connectivity index (χ0n) is 15.2. The molecule has 0 radical (unpaired) electrons. The van der Waals surface area contributed by atoms with Gasteiger partial charge in [-0.05, 0) is 53.2 Å². The Morgan fingerprint density at radius 1 is 1.39 bits per heavy atom. The number of benzene rings is 1. The number of amidine groups is 1. The number of nitrogens with one attached hydrogen (secondary N) is 1. The van der Waals surface area contributed by atoms with Crippen molar-refractivity contribution in [2.45, 2.75) is 25.5 Å². The predicted octanol–water partition coefficient (Wildman–Crippen LogP) is 4.28. The van der Waals surface area contributed by atoms with Gasteiger partial charge in [-0.25, -0.2) is 14.4 Å². The van der Waals surface area contributed by atoms with Crippen LogP contribution in [-0.2, 0) is 10.3 Å². The molecule has 28 heavy (non-hydrogen) atoms. The van der Waals surface area contributed by atoms with Crippen molar-refractivity contribution in [2.75, 3.05) is 12.0 Å². The van der Waals surface area contributed by atoms with E-state index >= 15 is 0 Å². The van der Waals surface area contributed by atoms with Gasteiger partial charge in [0, 0.05) is 32.9 Å². The molecule has 1 unspecified atom stereocenters. The Morgan fingerprint density at radius 2 is 2.14 bits per heavy atom. The SMILES string of the molecule is CC1OC(N)=N[C@@](CF)(c2cc(NC(=O)c3ccc(Br)cn3)ccc2Cl)[C@@H]1C. The molecule has 1 amide bonds. The number of halogens is 3. The molecule has 148 valence electrons. The standard InChI is InChI=1S/C19H19BrClFN4O2/c1-10-11(2)28-18(23)26-19(10,9-22)14-7-13(4-5-15(14)21)25-17(27)16-6-3-12(20)8-24-16/h3-8,10-11H,9H2,1-2H3,(H2,23,26)(H,25,27)/t10-,11?,19-/m1/s1. The van der Waals surface area contributed by atoms with E-state index in [0.717, 1.165) is 4.47 Å². The predicted molar refractivity (Wildman–Crippen MR) is 110 cm³/mol. The number of carbonyl (C=O) groups is 1. The average molecular weight is 470 g/mol. The second-order valence-corrected chi connectivity index (χ2v) is 7.95. The summed E-state index contributed by atoms with van der Waals surface area (Å²) in [5.41, 5.74) is 5.60. The average Bonchev–Trinajstić information content (AvgIpc) is 2.67. The Bertz CT molecular complexity index is 925. The van der Waals surface area contributed by atoms with Crippen molar-refractivity contribution >= 4 is 45.1 Å². The van der Waals surface area contributed by atoms with Crippen molar-refractivity contribution in [1.29, 1.82) is 0 Å². The van der Waals surface area contributed by atoms with E-state index in [1.165, 1.54) is 6.20 Å². The molecular weight excluding hydrogens is 451 g/mol. The number of rotatable bonds is 4. The highest BCUT2D eigenvalue weighted by Gasteiger charge is 2.46. The molecule has 3 N–H and O–H groups in total. The number of hydrogen-bond acceptors (Lipinski definition) is 5. The van der Waals surface area contributed by atoms with E-state index in [9.17, 15) is 9.18 Å². The number of alkyl halides is 1. The van der Waals surface area contributed by atoms with Crippen molar-refractivity contribution in [2.24, 2.45) is 16.6 Å². The molecule has 0 spiro atoms. The molecule has 1 aliphatic heterocycles. The van der Waals surface area contributed by atoms with Gasteiger partial charge in [-0.1, -0.05) is 18.5 Å². The molecule has 0 fully saturated rings. The van der Waals surface area contributed by atoms with Crippen LogP contribution >= 0.6 is 27.5 Å². The van der Waals surface area contributed by atoms with Crippen LogP contribution in [-0.4, -0.2) is 29.7 Å². The summed E-state index contributed by atoms with van der Waals surface area (Å²) < 4.78 is 20.5. The monoisotopic (exact) mass is 468 g/mol. The Morgan fingerprint density at radius 3 is 2.79 bits per heavy atom. The molecule has 1 aliphatic rings. The number of aliphatic imine (C=N–C) groups is 1. The molecular formula is C19H19BrClFN4O2. The second kappa shape index (κ2) is 8.05. The fraction of sp³-hybridized carbons (Fsp3) is 0.316. The maximum atomic E-state index is 14.3. The van der Waals surface area contributed by atoms with E-state index in [2.05, 4.69) is 31.2 Å². The van der Waals surface area contributed by atoms with Crippen LogP contribution in [0, 0.1) is 5.92 Å². The number of anilines is 1. The van der Waals surface area contributed by atoms with Gasteiger partial charge in [-0.15, -0.1) is 0 Å². The lowest BCUT2D eigenvalue weighted by atomic mass is 9.77. The van der Waals surface area contributed by atoms with Crippen LogP contribution in [0.3, 0.4) is 0 Å². The molecule has 2 aromatic rings. The maximum absolute atomic E-state index is 14.3. The second-order valence-electron chi connectivity index (χ2n) is 6.63. The van der Waals surface area contributed by atoms with Gasteiger partial charge in [0.05, 0.1) is 0 Å². The summed E-state index contributed by atoms with van der Waals surface area (Å²) in [6.07, 6.45) is 1.18. The lowest BCUT2D eigenvalue weighted by Gasteiger charge is -2.41. The van der Waals surface area contributed by atoms with E-state index in [-0.39, 0.29) is 23.7 Å². The Hall–Kier alpha value is -2.19. The smallest absolute Gasteiger partial charge is 0.283 e. The van der Waals surface area contributed by atoms with Crippen LogP contribution in [0.4, 0.5) is 10.1 Å². The first-order valence-corrected chi connectivity index (χ1v) is 9.75. The molecule has 0 bridgehead atoms. The lowest BCUT2D eigenvalue weighted by Crippen LogP contribution is -2.48. The molecule has 3 rings (SSSR count). The highest BCUT2D eigenvalue weighted by Crippen LogP contribution is 2.43. The first-order valence-electron chi connectivity index (χ1n) is 8.57. The van der Waals surface area contributed by atoms with E-state index in [1.54, 1.807) is 37.3 Å². The molecule has 6 nitrogen and oxygen atoms in total. The summed E-state index contributed by atoms with van der Waals surface area (Å²) in [6, 6.07) is 8.06. The van der Waals surface area contributed by atoms with Gasteiger partial charge < -0.3 is 15.8 Å². The number of carbonyl (C=O) groups excluding carboxylic acids is 1. The van der Waals surface area contributed by atoms with Crippen molar-refractivity contribution in [1.82, 2.24) is 4.98 Å². The van der Waals surface area contributed by atoms with Crippen LogP contribution in [0.25, 0.3) is 0 Å². The largest absolute Gasteiger partial charge is 0.462 e. The number of nitrogens with zero attached hydrogens (tertiary/aromatic N) is 2. The topological polar surface area (TPSA) is 89.6 Å². The number of aromatic nitrogens is 1. The van der Waals surface area contributed by atoms with Crippen LogP contribution in [0.1, 0.15) is 29.9 Å². The van der Waals surface area contributed by atoms with Gasteiger partial charge in [0.1, 0.15) is 24.0 Å². The Kier molecular flexibility index (Phi) is 5.90. The van der Waals surface area contributed by atoms with Gasteiger partial charge >= 0.3 is 0 Å². The molecule has 1 aromatic heterocycles. The fourth-order valence-corrected chi connectivity index (χ4v) is 3.69. The van der Waals surface area contributed by atoms with Crippen molar-refractivity contribution in [3.8, 4) is 0 Å². The van der Waals surface area contributed by atoms with Gasteiger partial charge in [0.2, 0.25) is 0 Å². The van der Waals surface area contributed by atoms with Gasteiger partial charge in [-0.2, -0.15) is 0 Å². The minimum Gasteiger partial charge on any atom is -0.462 e. The zero-order valence-corrected chi connectivity index (χ0v) is 17.6. The van der Waals surface area contributed by atoms with Crippen LogP contribution < -0.4 is 11.1 Å². The minimum absolute atomic E-state index is 0.0900. The third kappa shape index (κ3) is 3.84. The number of nitrogens with two attached hydrogens (primary N) is 1. The summed E-state index contributed by atoms with van der Waals surface area (Å²) in [5.74, 6) is -0.729.